The molecule has 8 heteroatoms. The maximum atomic E-state index is 11.6. The van der Waals surface area contributed by atoms with E-state index in [1.165, 1.54) is 0 Å². The third kappa shape index (κ3) is 2.86. The number of hydrogen-bond acceptors (Lipinski definition) is 5. The molecule has 0 aliphatic carbocycles. The molecule has 0 radical (unpaired) electrons. The Morgan fingerprint density at radius 2 is 2.05 bits per heavy atom. The summed E-state index contributed by atoms with van der Waals surface area (Å²) in [7, 11) is 0. The van der Waals surface area contributed by atoms with Gasteiger partial charge in [-0.3, -0.25) is 9.32 Å². The fourth-order valence-corrected chi connectivity index (χ4v) is 2.20. The van der Waals surface area contributed by atoms with Crippen LogP contribution in [0.25, 0.3) is 11.4 Å². The van der Waals surface area contributed by atoms with Crippen molar-refractivity contribution in [2.45, 2.75) is 13.5 Å². The van der Waals surface area contributed by atoms with Crippen molar-refractivity contribution in [3.63, 3.8) is 0 Å². The van der Waals surface area contributed by atoms with Gasteiger partial charge in [0.15, 0.2) is 5.82 Å². The maximum Gasteiger partial charge on any atom is 0.442 e. The molecule has 2 rings (SSSR count). The van der Waals surface area contributed by atoms with E-state index in [1.807, 2.05) is 0 Å². The van der Waals surface area contributed by atoms with Crippen molar-refractivity contribution in [1.82, 2.24) is 9.72 Å². The molecule has 0 N–H and O–H groups in total. The van der Waals surface area contributed by atoms with Crippen LogP contribution in [0.4, 0.5) is 0 Å². The quantitative estimate of drug-likeness (QED) is 0.809. The molecule has 0 saturated heterocycles. The van der Waals surface area contributed by atoms with Crippen LogP contribution < -0.4 is 5.76 Å². The fourth-order valence-electron chi connectivity index (χ4n) is 1.63. The zero-order valence-corrected chi connectivity index (χ0v) is 11.9. The van der Waals surface area contributed by atoms with Gasteiger partial charge in [0.2, 0.25) is 0 Å². The molecule has 0 atom stereocenters. The first-order chi connectivity index (χ1) is 9.54. The van der Waals surface area contributed by atoms with Gasteiger partial charge >= 0.3 is 11.7 Å². The molecule has 2 aromatic rings. The molecule has 0 unspecified atom stereocenters. The molecular formula is C12H10Cl2N2O4. The van der Waals surface area contributed by atoms with Crippen LogP contribution in [0, 0.1) is 0 Å². The monoisotopic (exact) mass is 316 g/mol. The van der Waals surface area contributed by atoms with E-state index in [0.717, 1.165) is 4.57 Å². The summed E-state index contributed by atoms with van der Waals surface area (Å²) in [6, 6.07) is 4.84. The second-order valence-electron chi connectivity index (χ2n) is 3.76. The summed E-state index contributed by atoms with van der Waals surface area (Å²) in [5.74, 6) is -1.29. The van der Waals surface area contributed by atoms with Crippen LogP contribution in [0.5, 0.6) is 0 Å². The van der Waals surface area contributed by atoms with E-state index in [4.69, 9.17) is 27.9 Å². The highest BCUT2D eigenvalue weighted by Gasteiger charge is 2.20. The molecule has 0 aliphatic heterocycles. The lowest BCUT2D eigenvalue weighted by Crippen LogP contribution is -2.22. The molecule has 1 heterocycles. The Morgan fingerprint density at radius 1 is 1.40 bits per heavy atom. The van der Waals surface area contributed by atoms with E-state index in [9.17, 15) is 9.59 Å². The number of esters is 1. The highest BCUT2D eigenvalue weighted by atomic mass is 35.5. The van der Waals surface area contributed by atoms with Crippen LogP contribution in [0.1, 0.15) is 6.92 Å². The smallest absolute Gasteiger partial charge is 0.442 e. The third-order valence-electron chi connectivity index (χ3n) is 2.47. The minimum Gasteiger partial charge on any atom is -0.465 e. The van der Waals surface area contributed by atoms with E-state index < -0.39 is 11.7 Å². The molecule has 1 aromatic carbocycles. The minimum atomic E-state index is -0.788. The van der Waals surface area contributed by atoms with Crippen LogP contribution in [0.2, 0.25) is 10.0 Å². The molecule has 0 fully saturated rings. The van der Waals surface area contributed by atoms with Gasteiger partial charge in [-0.15, -0.1) is 0 Å². The van der Waals surface area contributed by atoms with Gasteiger partial charge in [0.25, 0.3) is 0 Å². The summed E-state index contributed by atoms with van der Waals surface area (Å²) in [5, 5.41) is 4.21. The number of carbonyl (C=O) groups is 1. The zero-order chi connectivity index (χ0) is 14.7. The summed E-state index contributed by atoms with van der Waals surface area (Å²) in [4.78, 5) is 23.1. The first-order valence-electron chi connectivity index (χ1n) is 5.71. The lowest BCUT2D eigenvalue weighted by atomic mass is 10.2. The number of aromatic nitrogens is 2. The van der Waals surface area contributed by atoms with Crippen molar-refractivity contribution in [1.29, 1.82) is 0 Å². The Balaban J connectivity index is 2.49. The van der Waals surface area contributed by atoms with E-state index in [-0.39, 0.29) is 19.0 Å². The molecule has 0 bridgehead atoms. The van der Waals surface area contributed by atoms with Gasteiger partial charge in [-0.1, -0.05) is 34.4 Å². The Hall–Kier alpha value is -1.79. The Bertz CT molecular complexity index is 673. The third-order valence-corrected chi connectivity index (χ3v) is 3.10. The number of rotatable bonds is 4. The molecule has 0 aliphatic rings. The summed E-state index contributed by atoms with van der Waals surface area (Å²) in [5.41, 5.74) is 0.325. The molecule has 106 valence electrons. The lowest BCUT2D eigenvalue weighted by molar-refractivity contribution is -0.143. The predicted molar refractivity (Wildman–Crippen MR) is 72.9 cm³/mol. The van der Waals surface area contributed by atoms with Crippen molar-refractivity contribution in [2.75, 3.05) is 6.61 Å². The SMILES string of the molecule is CCOC(=O)Cn1c(-c2c(Cl)cccc2Cl)noc1=O. The van der Waals surface area contributed by atoms with Gasteiger partial charge in [-0.05, 0) is 19.1 Å². The number of benzene rings is 1. The highest BCUT2D eigenvalue weighted by molar-refractivity contribution is 6.38. The van der Waals surface area contributed by atoms with Crippen LogP contribution in [-0.4, -0.2) is 22.3 Å². The van der Waals surface area contributed by atoms with Crippen molar-refractivity contribution >= 4 is 29.2 Å². The number of hydrogen-bond donors (Lipinski definition) is 0. The minimum absolute atomic E-state index is 0.0821. The number of nitrogens with zero attached hydrogens (tertiary/aromatic N) is 2. The van der Waals surface area contributed by atoms with Crippen LogP contribution in [-0.2, 0) is 16.1 Å². The molecule has 0 saturated carbocycles. The summed E-state index contributed by atoms with van der Waals surface area (Å²) in [6.07, 6.45) is 0. The van der Waals surface area contributed by atoms with Crippen LogP contribution in [0.15, 0.2) is 27.5 Å². The molecular weight excluding hydrogens is 307 g/mol. The molecule has 6 nitrogen and oxygen atoms in total. The van der Waals surface area contributed by atoms with Crippen molar-refractivity contribution in [3.05, 3.63) is 38.8 Å². The average Bonchev–Trinajstić information content (AvgIpc) is 2.72. The predicted octanol–water partition coefficient (Wildman–Crippen LogP) is 2.37. The summed E-state index contributed by atoms with van der Waals surface area (Å²) < 4.78 is 10.4. The zero-order valence-electron chi connectivity index (χ0n) is 10.4. The van der Waals surface area contributed by atoms with Gasteiger partial charge < -0.3 is 4.74 Å². The fraction of sp³-hybridized carbons (Fsp3) is 0.250. The first kappa shape index (κ1) is 14.6. The highest BCUT2D eigenvalue weighted by Crippen LogP contribution is 2.32. The van der Waals surface area contributed by atoms with Crippen LogP contribution in [0.3, 0.4) is 0 Å². The number of halogens is 2. The average molecular weight is 317 g/mol. The number of carbonyl (C=O) groups excluding carboxylic acids is 1. The second-order valence-corrected chi connectivity index (χ2v) is 4.57. The standard InChI is InChI=1S/C12H10Cl2N2O4/c1-2-19-9(17)6-16-11(15-20-12(16)18)10-7(13)4-3-5-8(10)14/h3-5H,2,6H2,1H3. The van der Waals surface area contributed by atoms with Gasteiger partial charge in [0.1, 0.15) is 6.54 Å². The Kier molecular flexibility index (Phi) is 4.46. The normalized spacial score (nSPS) is 10.6. The van der Waals surface area contributed by atoms with Gasteiger partial charge in [0.05, 0.1) is 22.2 Å². The van der Waals surface area contributed by atoms with Gasteiger partial charge in [0, 0.05) is 0 Å². The molecule has 20 heavy (non-hydrogen) atoms. The van der Waals surface area contributed by atoms with E-state index in [2.05, 4.69) is 9.68 Å². The second kappa shape index (κ2) is 6.11. The maximum absolute atomic E-state index is 11.6. The largest absolute Gasteiger partial charge is 0.465 e. The van der Waals surface area contributed by atoms with Crippen molar-refractivity contribution in [3.8, 4) is 11.4 Å². The van der Waals surface area contributed by atoms with Gasteiger partial charge in [-0.2, -0.15) is 0 Å². The Morgan fingerprint density at radius 3 is 2.65 bits per heavy atom. The Labute approximate surface area is 123 Å². The summed E-state index contributed by atoms with van der Waals surface area (Å²) >= 11 is 12.1. The van der Waals surface area contributed by atoms with E-state index >= 15 is 0 Å². The van der Waals surface area contributed by atoms with Gasteiger partial charge in [-0.25, -0.2) is 9.36 Å². The lowest BCUT2D eigenvalue weighted by Gasteiger charge is -2.07. The van der Waals surface area contributed by atoms with Crippen molar-refractivity contribution in [2.24, 2.45) is 0 Å². The molecule has 0 spiro atoms. The van der Waals surface area contributed by atoms with E-state index in [0.29, 0.717) is 15.6 Å². The van der Waals surface area contributed by atoms with Crippen LogP contribution >= 0.6 is 23.2 Å². The van der Waals surface area contributed by atoms with Crippen molar-refractivity contribution < 1.29 is 14.1 Å². The first-order valence-corrected chi connectivity index (χ1v) is 6.46. The summed E-state index contributed by atoms with van der Waals surface area (Å²) in [6.45, 7) is 1.55. The molecule has 0 amide bonds. The number of ether oxygens (including phenoxy) is 1. The molecule has 1 aromatic heterocycles. The van der Waals surface area contributed by atoms with E-state index in [1.54, 1.807) is 25.1 Å². The topological polar surface area (TPSA) is 74.3 Å².